The largest absolute Gasteiger partial charge is 0.225 e. The fraction of sp³-hybridized carbons (Fsp3) is 0. The molecule has 106 valence electrons. The zero-order valence-corrected chi connectivity index (χ0v) is 12.5. The molecule has 7 heteroatoms. The topological polar surface area (TPSA) is 25.8 Å². The molecule has 0 fully saturated rings. The van der Waals surface area contributed by atoms with E-state index in [1.54, 1.807) is 0 Å². The summed E-state index contributed by atoms with van der Waals surface area (Å²) in [6, 6.07) is 6.07. The molecule has 0 atom stereocenters. The molecular formula is C14H5BrClF3N2. The zero-order valence-electron chi connectivity index (χ0n) is 10.2. The summed E-state index contributed by atoms with van der Waals surface area (Å²) in [6.45, 7) is 0. The monoisotopic (exact) mass is 372 g/mol. The van der Waals surface area contributed by atoms with Gasteiger partial charge in [0.2, 0.25) is 0 Å². The molecule has 21 heavy (non-hydrogen) atoms. The number of nitrogens with zero attached hydrogens (tertiary/aromatic N) is 2. The lowest BCUT2D eigenvalue weighted by molar-refractivity contribution is 0.587. The molecule has 3 aromatic rings. The van der Waals surface area contributed by atoms with Crippen LogP contribution in [0.1, 0.15) is 0 Å². The van der Waals surface area contributed by atoms with E-state index < -0.39 is 23.0 Å². The van der Waals surface area contributed by atoms with Crippen LogP contribution in [0.2, 0.25) is 5.15 Å². The van der Waals surface area contributed by atoms with Crippen molar-refractivity contribution in [2.45, 2.75) is 0 Å². The van der Waals surface area contributed by atoms with Gasteiger partial charge >= 0.3 is 0 Å². The Balaban J connectivity index is 2.36. The Labute approximate surface area is 130 Å². The third-order valence-electron chi connectivity index (χ3n) is 2.86. The summed E-state index contributed by atoms with van der Waals surface area (Å²) in [6.07, 6.45) is 0. The van der Waals surface area contributed by atoms with Crippen molar-refractivity contribution in [1.82, 2.24) is 9.97 Å². The molecule has 1 aromatic heterocycles. The van der Waals surface area contributed by atoms with E-state index in [1.165, 1.54) is 18.2 Å². The van der Waals surface area contributed by atoms with E-state index in [-0.39, 0.29) is 21.9 Å². The van der Waals surface area contributed by atoms with E-state index in [9.17, 15) is 13.2 Å². The zero-order chi connectivity index (χ0) is 15.1. The molecule has 3 rings (SSSR count). The van der Waals surface area contributed by atoms with E-state index in [4.69, 9.17) is 11.6 Å². The molecule has 0 bridgehead atoms. The predicted octanol–water partition coefficient (Wildman–Crippen LogP) is 5.13. The highest BCUT2D eigenvalue weighted by Crippen LogP contribution is 2.31. The van der Waals surface area contributed by atoms with Crippen molar-refractivity contribution in [1.29, 1.82) is 0 Å². The van der Waals surface area contributed by atoms with Gasteiger partial charge in [-0.25, -0.2) is 23.1 Å². The maximum atomic E-state index is 14.0. The lowest BCUT2D eigenvalue weighted by Crippen LogP contribution is -1.98. The highest BCUT2D eigenvalue weighted by atomic mass is 79.9. The minimum atomic E-state index is -0.845. The van der Waals surface area contributed by atoms with Gasteiger partial charge in [0.1, 0.15) is 22.3 Å². The van der Waals surface area contributed by atoms with Crippen LogP contribution in [0.5, 0.6) is 0 Å². The van der Waals surface area contributed by atoms with Gasteiger partial charge in [-0.3, -0.25) is 0 Å². The minimum Gasteiger partial charge on any atom is -0.225 e. The van der Waals surface area contributed by atoms with Crippen LogP contribution in [0, 0.1) is 17.5 Å². The normalized spacial score (nSPS) is 11.1. The second kappa shape index (κ2) is 5.27. The quantitative estimate of drug-likeness (QED) is 0.553. The summed E-state index contributed by atoms with van der Waals surface area (Å²) in [5, 5.41) is 0.168. The van der Waals surface area contributed by atoms with Crippen LogP contribution in [-0.4, -0.2) is 9.97 Å². The van der Waals surface area contributed by atoms with Gasteiger partial charge in [-0.2, -0.15) is 0 Å². The Hall–Kier alpha value is -1.66. The van der Waals surface area contributed by atoms with Crippen LogP contribution in [-0.2, 0) is 0 Å². The Kier molecular flexibility index (Phi) is 3.59. The van der Waals surface area contributed by atoms with Crippen molar-refractivity contribution in [3.8, 4) is 11.4 Å². The highest BCUT2D eigenvalue weighted by Gasteiger charge is 2.18. The summed E-state index contributed by atoms with van der Waals surface area (Å²) in [4.78, 5) is 7.76. The van der Waals surface area contributed by atoms with E-state index in [0.717, 1.165) is 12.1 Å². The van der Waals surface area contributed by atoms with Crippen LogP contribution >= 0.6 is 27.5 Å². The number of hydrogen-bond acceptors (Lipinski definition) is 2. The number of halogens is 5. The molecule has 0 unspecified atom stereocenters. The Bertz CT molecular complexity index is 850. The first-order chi connectivity index (χ1) is 9.97. The Morgan fingerprint density at radius 2 is 1.62 bits per heavy atom. The number of benzene rings is 2. The fourth-order valence-electron chi connectivity index (χ4n) is 1.94. The SMILES string of the molecule is Fc1cccc(F)c1-c1nc(Cl)c2cc(Br)cc(F)c2n1. The van der Waals surface area contributed by atoms with Gasteiger partial charge in [0.15, 0.2) is 11.6 Å². The minimum absolute atomic E-state index is 0.0853. The van der Waals surface area contributed by atoms with Gasteiger partial charge < -0.3 is 0 Å². The molecule has 0 saturated heterocycles. The Morgan fingerprint density at radius 1 is 0.952 bits per heavy atom. The van der Waals surface area contributed by atoms with Crippen LogP contribution in [0.25, 0.3) is 22.3 Å². The Morgan fingerprint density at radius 3 is 2.29 bits per heavy atom. The molecule has 0 radical (unpaired) electrons. The number of fused-ring (bicyclic) bond motifs is 1. The van der Waals surface area contributed by atoms with Gasteiger partial charge in [-0.1, -0.05) is 33.6 Å². The summed E-state index contributed by atoms with van der Waals surface area (Å²) >= 11 is 9.11. The molecule has 2 aromatic carbocycles. The standard InChI is InChI=1S/C14H5BrClF3N2/c15-6-4-7-12(10(19)5-6)20-14(21-13(7)16)11-8(17)2-1-3-9(11)18/h1-5H. The summed E-state index contributed by atoms with van der Waals surface area (Å²) < 4.78 is 42.0. The first-order valence-corrected chi connectivity index (χ1v) is 6.91. The van der Waals surface area contributed by atoms with Crippen LogP contribution in [0.4, 0.5) is 13.2 Å². The molecule has 0 spiro atoms. The van der Waals surface area contributed by atoms with E-state index in [1.807, 2.05) is 0 Å². The first-order valence-electron chi connectivity index (χ1n) is 5.74. The number of hydrogen-bond donors (Lipinski definition) is 0. The van der Waals surface area contributed by atoms with Crippen molar-refractivity contribution < 1.29 is 13.2 Å². The summed E-state index contributed by atoms with van der Waals surface area (Å²) in [5.41, 5.74) is -0.542. The van der Waals surface area contributed by atoms with Gasteiger partial charge in [0, 0.05) is 9.86 Å². The van der Waals surface area contributed by atoms with Crippen molar-refractivity contribution in [3.63, 3.8) is 0 Å². The summed E-state index contributed by atoms with van der Waals surface area (Å²) in [5.74, 6) is -2.66. The maximum Gasteiger partial charge on any atom is 0.167 e. The van der Waals surface area contributed by atoms with Gasteiger partial charge in [0.25, 0.3) is 0 Å². The lowest BCUT2D eigenvalue weighted by Gasteiger charge is -2.07. The third kappa shape index (κ3) is 2.49. The first kappa shape index (κ1) is 14.3. The van der Waals surface area contributed by atoms with Gasteiger partial charge in [0.05, 0.1) is 5.56 Å². The van der Waals surface area contributed by atoms with Gasteiger partial charge in [-0.05, 0) is 24.3 Å². The van der Waals surface area contributed by atoms with E-state index in [2.05, 4.69) is 25.9 Å². The number of aromatic nitrogens is 2. The molecule has 0 N–H and O–H groups in total. The molecule has 0 aliphatic heterocycles. The number of rotatable bonds is 1. The van der Waals surface area contributed by atoms with Crippen molar-refractivity contribution in [3.05, 3.63) is 57.4 Å². The maximum absolute atomic E-state index is 14.0. The molecule has 2 nitrogen and oxygen atoms in total. The van der Waals surface area contributed by atoms with Crippen LogP contribution in [0.3, 0.4) is 0 Å². The molecule has 1 heterocycles. The van der Waals surface area contributed by atoms with E-state index in [0.29, 0.717) is 4.47 Å². The molecular weight excluding hydrogens is 369 g/mol. The predicted molar refractivity (Wildman–Crippen MR) is 77.6 cm³/mol. The second-order valence-corrected chi connectivity index (χ2v) is 5.49. The van der Waals surface area contributed by atoms with Crippen molar-refractivity contribution >= 4 is 38.4 Å². The average Bonchev–Trinajstić information content (AvgIpc) is 2.40. The molecule has 0 aliphatic carbocycles. The third-order valence-corrected chi connectivity index (χ3v) is 3.60. The fourth-order valence-corrected chi connectivity index (χ4v) is 2.60. The lowest BCUT2D eigenvalue weighted by atomic mass is 10.1. The van der Waals surface area contributed by atoms with Crippen molar-refractivity contribution in [2.24, 2.45) is 0 Å². The van der Waals surface area contributed by atoms with E-state index >= 15 is 0 Å². The van der Waals surface area contributed by atoms with Gasteiger partial charge in [-0.15, -0.1) is 0 Å². The summed E-state index contributed by atoms with van der Waals surface area (Å²) in [7, 11) is 0. The molecule has 0 saturated carbocycles. The smallest absolute Gasteiger partial charge is 0.167 e. The molecule has 0 amide bonds. The second-order valence-electron chi connectivity index (χ2n) is 4.22. The average molecular weight is 374 g/mol. The van der Waals surface area contributed by atoms with Crippen LogP contribution in [0.15, 0.2) is 34.8 Å². The van der Waals surface area contributed by atoms with Crippen molar-refractivity contribution in [2.75, 3.05) is 0 Å². The van der Waals surface area contributed by atoms with Crippen LogP contribution < -0.4 is 0 Å². The molecule has 0 aliphatic rings. The highest BCUT2D eigenvalue weighted by molar-refractivity contribution is 9.10.